The molecule has 110 valence electrons. The Hall–Kier alpha value is -0.210. The monoisotopic (exact) mass is 283 g/mol. The molecule has 0 aliphatic heterocycles. The van der Waals surface area contributed by atoms with E-state index in [1.165, 1.54) is 0 Å². The van der Waals surface area contributed by atoms with Crippen molar-refractivity contribution in [3.05, 3.63) is 0 Å². The third kappa shape index (κ3) is 10.9. The van der Waals surface area contributed by atoms with Gasteiger partial charge < -0.3 is 19.9 Å². The lowest BCUT2D eigenvalue weighted by atomic mass is 10.2. The molecule has 0 aliphatic rings. The van der Waals surface area contributed by atoms with Gasteiger partial charge in [0.25, 0.3) is 0 Å². The molecule has 0 aromatic heterocycles. The van der Waals surface area contributed by atoms with Gasteiger partial charge in [-0.1, -0.05) is 6.92 Å². The van der Waals surface area contributed by atoms with Gasteiger partial charge in [0.1, 0.15) is 0 Å². The Labute approximate surface area is 110 Å². The van der Waals surface area contributed by atoms with E-state index in [2.05, 4.69) is 0 Å². The molecule has 2 N–H and O–H groups in total. The van der Waals surface area contributed by atoms with Crippen LogP contribution in [0.1, 0.15) is 6.92 Å². The third-order valence-electron chi connectivity index (χ3n) is 2.28. The van der Waals surface area contributed by atoms with Crippen LogP contribution in [0, 0.1) is 5.92 Å². The SMILES string of the molecule is COCCOCCOCCS(=O)(=O)CC(C)CN. The number of nitrogens with two attached hydrogens (primary N) is 1. The second-order valence-corrected chi connectivity index (χ2v) is 6.40. The summed E-state index contributed by atoms with van der Waals surface area (Å²) in [5.74, 6) is 0.152. The van der Waals surface area contributed by atoms with Crippen molar-refractivity contribution in [2.45, 2.75) is 6.92 Å². The normalized spacial score (nSPS) is 13.7. The van der Waals surface area contributed by atoms with Crippen molar-refractivity contribution < 1.29 is 22.6 Å². The molecule has 0 bridgehead atoms. The van der Waals surface area contributed by atoms with Crippen molar-refractivity contribution >= 4 is 9.84 Å². The summed E-state index contributed by atoms with van der Waals surface area (Å²) in [7, 11) is -1.46. The van der Waals surface area contributed by atoms with Crippen molar-refractivity contribution in [1.82, 2.24) is 0 Å². The zero-order chi connectivity index (χ0) is 13.9. The predicted octanol–water partition coefficient (Wildman–Crippen LogP) is -0.324. The van der Waals surface area contributed by atoms with Gasteiger partial charge in [-0.3, -0.25) is 0 Å². The molecule has 0 heterocycles. The summed E-state index contributed by atoms with van der Waals surface area (Å²) in [5.41, 5.74) is 5.39. The van der Waals surface area contributed by atoms with Gasteiger partial charge in [0.2, 0.25) is 0 Å². The molecule has 7 heteroatoms. The lowest BCUT2D eigenvalue weighted by molar-refractivity contribution is 0.0284. The molecular weight excluding hydrogens is 258 g/mol. The Bertz CT molecular complexity index is 281. The summed E-state index contributed by atoms with van der Waals surface area (Å²) >= 11 is 0. The van der Waals surface area contributed by atoms with Gasteiger partial charge in [0.05, 0.1) is 44.5 Å². The molecule has 6 nitrogen and oxygen atoms in total. The summed E-state index contributed by atoms with van der Waals surface area (Å²) in [4.78, 5) is 0. The van der Waals surface area contributed by atoms with Crippen molar-refractivity contribution in [3.63, 3.8) is 0 Å². The van der Waals surface area contributed by atoms with E-state index in [0.717, 1.165) is 0 Å². The average molecular weight is 283 g/mol. The van der Waals surface area contributed by atoms with E-state index in [1.54, 1.807) is 7.11 Å². The molecule has 0 fully saturated rings. The first kappa shape index (κ1) is 17.8. The number of sulfone groups is 1. The van der Waals surface area contributed by atoms with Gasteiger partial charge in [-0.25, -0.2) is 8.42 Å². The van der Waals surface area contributed by atoms with Crippen LogP contribution in [0.2, 0.25) is 0 Å². The summed E-state index contributed by atoms with van der Waals surface area (Å²) in [6.07, 6.45) is 0. The van der Waals surface area contributed by atoms with Crippen molar-refractivity contribution in [1.29, 1.82) is 0 Å². The lowest BCUT2D eigenvalue weighted by Crippen LogP contribution is -2.24. The number of ether oxygens (including phenoxy) is 3. The van der Waals surface area contributed by atoms with Crippen molar-refractivity contribution in [3.8, 4) is 0 Å². The Morgan fingerprint density at radius 3 is 2.17 bits per heavy atom. The zero-order valence-corrected chi connectivity index (χ0v) is 12.1. The fraction of sp³-hybridized carbons (Fsp3) is 1.00. The van der Waals surface area contributed by atoms with Crippen molar-refractivity contribution in [2.75, 3.05) is 58.2 Å². The molecule has 0 saturated heterocycles. The summed E-state index contributed by atoms with van der Waals surface area (Å²) in [6.45, 7) is 4.31. The van der Waals surface area contributed by atoms with Crippen LogP contribution in [0.25, 0.3) is 0 Å². The van der Waals surface area contributed by atoms with E-state index in [4.69, 9.17) is 19.9 Å². The molecule has 1 atom stereocenters. The summed E-state index contributed by atoms with van der Waals surface area (Å²) < 4.78 is 38.3. The molecule has 0 spiro atoms. The predicted molar refractivity (Wildman–Crippen MR) is 70.4 cm³/mol. The molecule has 18 heavy (non-hydrogen) atoms. The fourth-order valence-electron chi connectivity index (χ4n) is 1.23. The Kier molecular flexibility index (Phi) is 10.6. The minimum absolute atomic E-state index is 0.00706. The van der Waals surface area contributed by atoms with E-state index in [-0.39, 0.29) is 24.0 Å². The standard InChI is InChI=1S/C11H25NO5S/c1-11(9-12)10-18(13,14)8-7-17-6-5-16-4-3-15-2/h11H,3-10,12H2,1-2H3. The van der Waals surface area contributed by atoms with Crippen LogP contribution in [-0.2, 0) is 24.0 Å². The van der Waals surface area contributed by atoms with E-state index >= 15 is 0 Å². The maximum absolute atomic E-state index is 11.6. The van der Waals surface area contributed by atoms with Crippen LogP contribution in [0.3, 0.4) is 0 Å². The summed E-state index contributed by atoms with van der Waals surface area (Å²) in [6, 6.07) is 0. The topological polar surface area (TPSA) is 87.9 Å². The summed E-state index contributed by atoms with van der Waals surface area (Å²) in [5, 5.41) is 0. The quantitative estimate of drug-likeness (QED) is 0.494. The smallest absolute Gasteiger partial charge is 0.152 e. The Balaban J connectivity index is 3.47. The molecule has 0 amide bonds. The highest BCUT2D eigenvalue weighted by Crippen LogP contribution is 2.00. The van der Waals surface area contributed by atoms with E-state index in [1.807, 2.05) is 6.92 Å². The number of hydrogen-bond acceptors (Lipinski definition) is 6. The molecule has 1 unspecified atom stereocenters. The molecular formula is C11H25NO5S. The minimum Gasteiger partial charge on any atom is -0.382 e. The molecule has 0 aliphatic carbocycles. The fourth-order valence-corrected chi connectivity index (χ4v) is 2.78. The maximum atomic E-state index is 11.6. The van der Waals surface area contributed by atoms with Crippen molar-refractivity contribution in [2.24, 2.45) is 11.7 Å². The highest BCUT2D eigenvalue weighted by atomic mass is 32.2. The number of rotatable bonds is 12. The van der Waals surface area contributed by atoms with Gasteiger partial charge in [-0.15, -0.1) is 0 Å². The van der Waals surface area contributed by atoms with Gasteiger partial charge >= 0.3 is 0 Å². The number of methoxy groups -OCH3 is 1. The molecule has 0 aromatic rings. The van der Waals surface area contributed by atoms with Crippen LogP contribution in [-0.4, -0.2) is 66.6 Å². The van der Waals surface area contributed by atoms with Gasteiger partial charge in [-0.05, 0) is 12.5 Å². The third-order valence-corrected chi connectivity index (χ3v) is 4.15. The average Bonchev–Trinajstić information content (AvgIpc) is 2.31. The zero-order valence-electron chi connectivity index (χ0n) is 11.3. The highest BCUT2D eigenvalue weighted by molar-refractivity contribution is 7.91. The molecule has 0 rings (SSSR count). The minimum atomic E-state index is -3.06. The largest absolute Gasteiger partial charge is 0.382 e. The first-order valence-electron chi connectivity index (χ1n) is 6.06. The van der Waals surface area contributed by atoms with E-state index in [9.17, 15) is 8.42 Å². The van der Waals surface area contributed by atoms with Crippen LogP contribution in [0.4, 0.5) is 0 Å². The second kappa shape index (κ2) is 10.7. The first-order valence-corrected chi connectivity index (χ1v) is 7.89. The van der Waals surface area contributed by atoms with Gasteiger partial charge in [0.15, 0.2) is 9.84 Å². The lowest BCUT2D eigenvalue weighted by Gasteiger charge is -2.09. The Morgan fingerprint density at radius 2 is 1.61 bits per heavy atom. The van der Waals surface area contributed by atoms with E-state index in [0.29, 0.717) is 33.0 Å². The van der Waals surface area contributed by atoms with Crippen LogP contribution >= 0.6 is 0 Å². The first-order chi connectivity index (χ1) is 8.52. The maximum Gasteiger partial charge on any atom is 0.152 e. The van der Waals surface area contributed by atoms with Crippen LogP contribution in [0.5, 0.6) is 0 Å². The Morgan fingerprint density at radius 1 is 1.06 bits per heavy atom. The van der Waals surface area contributed by atoms with Crippen LogP contribution < -0.4 is 5.73 Å². The second-order valence-electron chi connectivity index (χ2n) is 4.17. The van der Waals surface area contributed by atoms with E-state index < -0.39 is 9.84 Å². The molecule has 0 aromatic carbocycles. The molecule has 0 saturated carbocycles. The van der Waals surface area contributed by atoms with Crippen LogP contribution in [0.15, 0.2) is 0 Å². The van der Waals surface area contributed by atoms with Gasteiger partial charge in [0, 0.05) is 7.11 Å². The van der Waals surface area contributed by atoms with Gasteiger partial charge in [-0.2, -0.15) is 0 Å². The highest BCUT2D eigenvalue weighted by Gasteiger charge is 2.14. The molecule has 0 radical (unpaired) electrons. The number of hydrogen-bond donors (Lipinski definition) is 1.